The number of aryl methyl sites for hydroxylation is 1. The quantitative estimate of drug-likeness (QED) is 0.254. The number of aromatic nitrogens is 3. The molecule has 2 heterocycles. The maximum absolute atomic E-state index is 12.8. The number of nitro groups is 1. The summed E-state index contributed by atoms with van der Waals surface area (Å²) in [5.41, 5.74) is 3.82. The Bertz CT molecular complexity index is 1560. The number of halogens is 1. The van der Waals surface area contributed by atoms with E-state index in [1.807, 2.05) is 31.2 Å². The van der Waals surface area contributed by atoms with Crippen LogP contribution in [0.5, 0.6) is 0 Å². The van der Waals surface area contributed by atoms with Crippen LogP contribution in [0.1, 0.15) is 16.1 Å². The minimum Gasteiger partial charge on any atom is -0.451 e. The van der Waals surface area contributed by atoms with Crippen molar-refractivity contribution in [3.8, 4) is 17.0 Å². The van der Waals surface area contributed by atoms with E-state index in [1.165, 1.54) is 23.0 Å². The molecular formula is C24H16ClN5O4. The van der Waals surface area contributed by atoms with Gasteiger partial charge in [-0.3, -0.25) is 14.9 Å². The van der Waals surface area contributed by atoms with Gasteiger partial charge in [0.1, 0.15) is 16.8 Å². The molecule has 0 spiro atoms. The number of nitrogens with zero attached hydrogens (tertiary/aromatic N) is 4. The van der Waals surface area contributed by atoms with Crippen LogP contribution in [0, 0.1) is 17.0 Å². The number of carbonyl (C=O) groups excluding carboxylic acids is 1. The fourth-order valence-corrected chi connectivity index (χ4v) is 3.60. The molecule has 0 aliphatic heterocycles. The molecule has 0 atom stereocenters. The van der Waals surface area contributed by atoms with E-state index in [1.54, 1.807) is 30.3 Å². The molecule has 2 aromatic heterocycles. The van der Waals surface area contributed by atoms with Gasteiger partial charge in [-0.15, -0.1) is 10.2 Å². The van der Waals surface area contributed by atoms with Crippen molar-refractivity contribution in [1.82, 2.24) is 15.0 Å². The number of non-ortho nitro benzene ring substituents is 1. The van der Waals surface area contributed by atoms with Crippen LogP contribution in [0.3, 0.4) is 0 Å². The van der Waals surface area contributed by atoms with Gasteiger partial charge in [-0.05, 0) is 43.3 Å². The van der Waals surface area contributed by atoms with Gasteiger partial charge in [0.05, 0.1) is 21.3 Å². The number of fused-ring (bicyclic) bond motifs is 1. The van der Waals surface area contributed by atoms with Crippen LogP contribution >= 0.6 is 11.6 Å². The highest BCUT2D eigenvalue weighted by Crippen LogP contribution is 2.29. The largest absolute Gasteiger partial charge is 0.451 e. The average Bonchev–Trinajstić information content (AvgIpc) is 3.47. The van der Waals surface area contributed by atoms with Gasteiger partial charge in [-0.1, -0.05) is 41.4 Å². The molecule has 168 valence electrons. The Morgan fingerprint density at radius 2 is 1.76 bits per heavy atom. The van der Waals surface area contributed by atoms with E-state index < -0.39 is 10.8 Å². The van der Waals surface area contributed by atoms with Gasteiger partial charge in [-0.2, -0.15) is 4.80 Å². The lowest BCUT2D eigenvalue weighted by Crippen LogP contribution is -2.11. The minimum atomic E-state index is -0.524. The molecule has 1 amide bonds. The first kappa shape index (κ1) is 21.4. The number of benzene rings is 3. The molecule has 5 aromatic rings. The third-order valence-corrected chi connectivity index (χ3v) is 5.47. The van der Waals surface area contributed by atoms with Crippen molar-refractivity contribution in [1.29, 1.82) is 0 Å². The Hall–Kier alpha value is -4.50. The Balaban J connectivity index is 1.39. The third-order valence-electron chi connectivity index (χ3n) is 5.15. The smallest absolute Gasteiger partial charge is 0.291 e. The summed E-state index contributed by atoms with van der Waals surface area (Å²) in [5.74, 6) is -0.165. The maximum atomic E-state index is 12.8. The van der Waals surface area contributed by atoms with Crippen molar-refractivity contribution in [2.75, 3.05) is 5.32 Å². The summed E-state index contributed by atoms with van der Waals surface area (Å²) in [6.45, 7) is 2.00. The predicted octanol–water partition coefficient (Wildman–Crippen LogP) is 5.80. The third kappa shape index (κ3) is 4.12. The molecule has 9 nitrogen and oxygen atoms in total. The van der Waals surface area contributed by atoms with Crippen molar-refractivity contribution in [2.45, 2.75) is 6.92 Å². The summed E-state index contributed by atoms with van der Waals surface area (Å²) in [6, 6.07) is 20.1. The number of rotatable bonds is 5. The van der Waals surface area contributed by atoms with Crippen molar-refractivity contribution < 1.29 is 14.1 Å². The summed E-state index contributed by atoms with van der Waals surface area (Å²) in [5, 5.41) is 23.0. The van der Waals surface area contributed by atoms with E-state index in [4.69, 9.17) is 16.0 Å². The van der Waals surface area contributed by atoms with Crippen LogP contribution in [-0.4, -0.2) is 25.8 Å². The molecule has 1 N–H and O–H groups in total. The summed E-state index contributed by atoms with van der Waals surface area (Å²) in [7, 11) is 0. The fourth-order valence-electron chi connectivity index (χ4n) is 3.40. The van der Waals surface area contributed by atoms with Gasteiger partial charge >= 0.3 is 0 Å². The van der Waals surface area contributed by atoms with Crippen LogP contribution < -0.4 is 5.32 Å². The molecular weight excluding hydrogens is 458 g/mol. The Morgan fingerprint density at radius 1 is 1.03 bits per heavy atom. The van der Waals surface area contributed by atoms with Gasteiger partial charge < -0.3 is 9.73 Å². The van der Waals surface area contributed by atoms with Gasteiger partial charge in [0.25, 0.3) is 11.6 Å². The maximum Gasteiger partial charge on any atom is 0.291 e. The van der Waals surface area contributed by atoms with Crippen molar-refractivity contribution in [2.24, 2.45) is 0 Å². The first-order valence-electron chi connectivity index (χ1n) is 10.2. The van der Waals surface area contributed by atoms with Gasteiger partial charge in [0, 0.05) is 17.7 Å². The topological polar surface area (TPSA) is 116 Å². The van der Waals surface area contributed by atoms with Gasteiger partial charge in [0.15, 0.2) is 5.76 Å². The van der Waals surface area contributed by atoms with Crippen molar-refractivity contribution in [3.05, 3.63) is 99.3 Å². The monoisotopic (exact) mass is 473 g/mol. The molecule has 0 saturated heterocycles. The van der Waals surface area contributed by atoms with E-state index in [2.05, 4.69) is 15.5 Å². The van der Waals surface area contributed by atoms with Crippen LogP contribution in [0.4, 0.5) is 11.4 Å². The first-order valence-corrected chi connectivity index (χ1v) is 10.5. The van der Waals surface area contributed by atoms with E-state index >= 15 is 0 Å². The Kier molecular flexibility index (Phi) is 5.31. The lowest BCUT2D eigenvalue weighted by Gasteiger charge is -2.05. The number of nitro benzene ring substituents is 1. The lowest BCUT2D eigenvalue weighted by molar-refractivity contribution is -0.384. The lowest BCUT2D eigenvalue weighted by atomic mass is 10.1. The molecule has 0 unspecified atom stereocenters. The highest BCUT2D eigenvalue weighted by molar-refractivity contribution is 6.34. The zero-order valence-corrected chi connectivity index (χ0v) is 18.5. The summed E-state index contributed by atoms with van der Waals surface area (Å²) < 4.78 is 5.63. The molecule has 0 saturated carbocycles. The number of anilines is 1. The highest BCUT2D eigenvalue weighted by Gasteiger charge is 2.17. The second-order valence-corrected chi connectivity index (χ2v) is 7.98. The van der Waals surface area contributed by atoms with Crippen LogP contribution in [0.2, 0.25) is 5.02 Å². The second kappa shape index (κ2) is 8.45. The van der Waals surface area contributed by atoms with Crippen LogP contribution in [0.25, 0.3) is 28.0 Å². The Labute approximate surface area is 197 Å². The first-order chi connectivity index (χ1) is 16.4. The SMILES string of the molecule is Cc1ccc(-n2nc3cc(Cl)c(NC(=O)c4ccc(-c5cccc([N+](=O)[O-])c5)o4)cc3n2)cc1. The second-order valence-electron chi connectivity index (χ2n) is 7.57. The molecule has 0 radical (unpaired) electrons. The molecule has 34 heavy (non-hydrogen) atoms. The predicted molar refractivity (Wildman–Crippen MR) is 127 cm³/mol. The number of hydrogen-bond acceptors (Lipinski definition) is 6. The molecule has 0 bridgehead atoms. The molecule has 0 aliphatic rings. The minimum absolute atomic E-state index is 0.0287. The number of furan rings is 1. The Morgan fingerprint density at radius 3 is 2.50 bits per heavy atom. The van der Waals surface area contributed by atoms with E-state index in [-0.39, 0.29) is 11.4 Å². The standard InChI is InChI=1S/C24H16ClN5O4/c1-14-5-7-16(8-6-14)29-27-20-12-18(25)19(13-21(20)28-29)26-24(31)23-10-9-22(34-23)15-3-2-4-17(11-15)30(32)33/h2-13H,1H3,(H,26,31). The zero-order valence-electron chi connectivity index (χ0n) is 17.7. The molecule has 5 rings (SSSR count). The highest BCUT2D eigenvalue weighted by atomic mass is 35.5. The fraction of sp³-hybridized carbons (Fsp3) is 0.0417. The number of hydrogen-bond donors (Lipinski definition) is 1. The van der Waals surface area contributed by atoms with Crippen molar-refractivity contribution in [3.63, 3.8) is 0 Å². The summed E-state index contributed by atoms with van der Waals surface area (Å²) >= 11 is 6.37. The molecule has 0 fully saturated rings. The molecule has 10 heteroatoms. The van der Waals surface area contributed by atoms with Gasteiger partial charge in [-0.25, -0.2) is 0 Å². The summed E-state index contributed by atoms with van der Waals surface area (Å²) in [6.07, 6.45) is 0. The molecule has 0 aliphatic carbocycles. The number of carbonyl (C=O) groups is 1. The van der Waals surface area contributed by atoms with E-state index in [0.717, 1.165) is 11.3 Å². The van der Waals surface area contributed by atoms with Gasteiger partial charge in [0.2, 0.25) is 0 Å². The van der Waals surface area contributed by atoms with E-state index in [0.29, 0.717) is 33.1 Å². The summed E-state index contributed by atoms with van der Waals surface area (Å²) in [4.78, 5) is 24.8. The van der Waals surface area contributed by atoms with E-state index in [9.17, 15) is 14.9 Å². The number of amides is 1. The van der Waals surface area contributed by atoms with Crippen LogP contribution in [-0.2, 0) is 0 Å². The van der Waals surface area contributed by atoms with Crippen LogP contribution in [0.15, 0.2) is 77.2 Å². The normalized spacial score (nSPS) is 11.0. The number of nitrogens with one attached hydrogen (secondary N) is 1. The zero-order chi connectivity index (χ0) is 23.8. The average molecular weight is 474 g/mol. The molecule has 3 aromatic carbocycles. The van der Waals surface area contributed by atoms with Crippen molar-refractivity contribution >= 4 is 39.9 Å².